The lowest BCUT2D eigenvalue weighted by atomic mass is 9.71. The number of hydrogen-bond donors (Lipinski definition) is 1. The van der Waals surface area contributed by atoms with Crippen LogP contribution in [0.1, 0.15) is 56.2 Å². The molecule has 0 fully saturated rings. The van der Waals surface area contributed by atoms with Crippen molar-refractivity contribution in [3.05, 3.63) is 63.2 Å². The molecule has 0 unspecified atom stereocenters. The van der Waals surface area contributed by atoms with E-state index in [9.17, 15) is 10.1 Å². The van der Waals surface area contributed by atoms with Crippen LogP contribution < -0.4 is 0 Å². The molecule has 0 radical (unpaired) electrons. The number of nitro groups is 1. The molecule has 26 heavy (non-hydrogen) atoms. The van der Waals surface area contributed by atoms with E-state index in [-0.39, 0.29) is 16.0 Å². The van der Waals surface area contributed by atoms with Gasteiger partial charge in [-0.1, -0.05) is 44.9 Å². The first kappa shape index (κ1) is 18.1. The van der Waals surface area contributed by atoms with Crippen LogP contribution in [-0.2, 0) is 11.8 Å². The predicted molar refractivity (Wildman–Crippen MR) is 103 cm³/mol. The summed E-state index contributed by atoms with van der Waals surface area (Å²) in [5, 5.41) is 23.2. The molecule has 0 atom stereocenters. The van der Waals surface area contributed by atoms with Gasteiger partial charge in [0.05, 0.1) is 4.92 Å². The molecule has 0 heterocycles. The van der Waals surface area contributed by atoms with Crippen molar-refractivity contribution in [2.75, 3.05) is 0 Å². The second-order valence-electron chi connectivity index (χ2n) is 6.95. The van der Waals surface area contributed by atoms with Gasteiger partial charge in [-0.15, -0.1) is 5.16 Å². The van der Waals surface area contributed by atoms with Crippen molar-refractivity contribution in [2.24, 2.45) is 5.16 Å². The Hall–Kier alpha value is -2.69. The van der Waals surface area contributed by atoms with Crippen molar-refractivity contribution in [3.63, 3.8) is 0 Å². The second kappa shape index (κ2) is 7.28. The lowest BCUT2D eigenvalue weighted by Crippen LogP contribution is -2.25. The number of benzene rings is 2. The highest BCUT2D eigenvalue weighted by molar-refractivity contribution is 5.82. The molecule has 0 amide bonds. The molecule has 1 aliphatic rings. The van der Waals surface area contributed by atoms with Crippen LogP contribution in [0.2, 0.25) is 0 Å². The molecule has 1 aliphatic carbocycles. The first-order chi connectivity index (χ1) is 12.6. The van der Waals surface area contributed by atoms with Gasteiger partial charge in [0.1, 0.15) is 0 Å². The molecule has 0 bridgehead atoms. The first-order valence-electron chi connectivity index (χ1n) is 9.16. The fourth-order valence-corrected chi connectivity index (χ4v) is 4.43. The Morgan fingerprint density at radius 1 is 1.08 bits per heavy atom. The quantitative estimate of drug-likeness (QED) is 0.311. The van der Waals surface area contributed by atoms with E-state index >= 15 is 0 Å². The van der Waals surface area contributed by atoms with Crippen LogP contribution in [0.15, 0.2) is 41.6 Å². The summed E-state index contributed by atoms with van der Waals surface area (Å²) in [7, 11) is 0. The molecule has 0 spiro atoms. The van der Waals surface area contributed by atoms with E-state index in [1.165, 1.54) is 17.3 Å². The predicted octanol–water partition coefficient (Wildman–Crippen LogP) is 5.46. The Bertz CT molecular complexity index is 852. The molecule has 5 heteroatoms. The lowest BCUT2D eigenvalue weighted by molar-refractivity contribution is -0.384. The largest absolute Gasteiger partial charge is 0.411 e. The van der Waals surface area contributed by atoms with E-state index in [1.54, 1.807) is 12.1 Å². The van der Waals surface area contributed by atoms with E-state index in [2.05, 4.69) is 31.1 Å². The van der Waals surface area contributed by atoms with Crippen molar-refractivity contribution in [1.82, 2.24) is 0 Å². The highest BCUT2D eigenvalue weighted by Crippen LogP contribution is 2.54. The number of oxime groups is 1. The van der Waals surface area contributed by atoms with Crippen LogP contribution in [0.25, 0.3) is 11.1 Å². The smallest absolute Gasteiger partial charge is 0.269 e. The summed E-state index contributed by atoms with van der Waals surface area (Å²) in [5.74, 6) is 0. The van der Waals surface area contributed by atoms with Crippen LogP contribution in [0.4, 0.5) is 5.69 Å². The molecule has 0 aliphatic heterocycles. The molecule has 2 aromatic carbocycles. The fourth-order valence-electron chi connectivity index (χ4n) is 4.43. The second-order valence-corrected chi connectivity index (χ2v) is 6.95. The summed E-state index contributed by atoms with van der Waals surface area (Å²) in [6, 6.07) is 11.6. The van der Waals surface area contributed by atoms with E-state index in [4.69, 9.17) is 5.21 Å². The Morgan fingerprint density at radius 3 is 2.27 bits per heavy atom. The molecule has 1 N–H and O–H groups in total. The molecular formula is C21H24N2O3. The first-order valence-corrected chi connectivity index (χ1v) is 9.16. The van der Waals surface area contributed by atoms with Gasteiger partial charge in [0.2, 0.25) is 0 Å². The Morgan fingerprint density at radius 2 is 1.69 bits per heavy atom. The van der Waals surface area contributed by atoms with E-state index in [0.717, 1.165) is 42.4 Å². The average molecular weight is 352 g/mol. The zero-order chi connectivity index (χ0) is 18.7. The lowest BCUT2D eigenvalue weighted by Gasteiger charge is -2.32. The molecule has 0 saturated carbocycles. The average Bonchev–Trinajstić information content (AvgIpc) is 2.90. The molecule has 136 valence electrons. The molecule has 0 saturated heterocycles. The summed E-state index contributed by atoms with van der Waals surface area (Å²) in [6.45, 7) is 4.32. The SMILES string of the molecule is CCCC1(CCC)c2cc(CC=NO)ccc2-c2ccc([N+](=O)[O-])cc21. The van der Waals surface area contributed by atoms with Gasteiger partial charge in [0.15, 0.2) is 0 Å². The molecule has 5 nitrogen and oxygen atoms in total. The topological polar surface area (TPSA) is 75.7 Å². The third-order valence-corrected chi connectivity index (χ3v) is 5.38. The van der Waals surface area contributed by atoms with Gasteiger partial charge in [-0.25, -0.2) is 0 Å². The Kier molecular flexibility index (Phi) is 5.07. The summed E-state index contributed by atoms with van der Waals surface area (Å²) < 4.78 is 0. The molecular weight excluding hydrogens is 328 g/mol. The number of rotatable bonds is 7. The van der Waals surface area contributed by atoms with Gasteiger partial charge in [0.25, 0.3) is 5.69 Å². The van der Waals surface area contributed by atoms with Crippen LogP contribution >= 0.6 is 0 Å². The maximum atomic E-state index is 11.3. The van der Waals surface area contributed by atoms with Gasteiger partial charge in [0, 0.05) is 30.2 Å². The normalized spacial score (nSPS) is 14.4. The summed E-state index contributed by atoms with van der Waals surface area (Å²) >= 11 is 0. The zero-order valence-electron chi connectivity index (χ0n) is 15.2. The minimum Gasteiger partial charge on any atom is -0.411 e. The van der Waals surface area contributed by atoms with Crippen LogP contribution in [0.3, 0.4) is 0 Å². The summed E-state index contributed by atoms with van der Waals surface area (Å²) in [4.78, 5) is 11.0. The standard InChI is InChI=1S/C21H24N2O3/c1-3-10-21(11-4-2)19-13-15(9-12-22-24)5-7-17(19)18-8-6-16(23(25)26)14-20(18)21/h5-8,12-14,24H,3-4,9-11H2,1-2H3. The highest BCUT2D eigenvalue weighted by atomic mass is 16.6. The van der Waals surface area contributed by atoms with Crippen LogP contribution in [0.5, 0.6) is 0 Å². The van der Waals surface area contributed by atoms with Crippen molar-refractivity contribution >= 4 is 11.9 Å². The molecule has 3 rings (SSSR count). The van der Waals surface area contributed by atoms with Crippen molar-refractivity contribution in [2.45, 2.75) is 51.4 Å². The van der Waals surface area contributed by atoms with Gasteiger partial charge in [-0.05, 0) is 46.7 Å². The summed E-state index contributed by atoms with van der Waals surface area (Å²) in [6.07, 6.45) is 5.97. The maximum absolute atomic E-state index is 11.3. The Labute approximate surface area is 153 Å². The number of non-ortho nitro benzene ring substituents is 1. The fraction of sp³-hybridized carbons (Fsp3) is 0.381. The molecule has 2 aromatic rings. The Balaban J connectivity index is 2.24. The highest BCUT2D eigenvalue weighted by Gasteiger charge is 2.42. The van der Waals surface area contributed by atoms with Crippen molar-refractivity contribution < 1.29 is 10.1 Å². The minimum absolute atomic E-state index is 0.153. The van der Waals surface area contributed by atoms with Crippen LogP contribution in [-0.4, -0.2) is 16.3 Å². The van der Waals surface area contributed by atoms with Gasteiger partial charge < -0.3 is 5.21 Å². The van der Waals surface area contributed by atoms with E-state index in [0.29, 0.717) is 6.42 Å². The third-order valence-electron chi connectivity index (χ3n) is 5.38. The summed E-state index contributed by atoms with van der Waals surface area (Å²) in [5.41, 5.74) is 5.66. The number of nitro benzene ring substituents is 1. The minimum atomic E-state index is -0.310. The van der Waals surface area contributed by atoms with Gasteiger partial charge in [-0.3, -0.25) is 10.1 Å². The monoisotopic (exact) mass is 352 g/mol. The molecule has 0 aromatic heterocycles. The zero-order valence-corrected chi connectivity index (χ0v) is 15.2. The third kappa shape index (κ3) is 2.87. The van der Waals surface area contributed by atoms with E-state index < -0.39 is 0 Å². The van der Waals surface area contributed by atoms with Crippen LogP contribution in [0, 0.1) is 10.1 Å². The number of nitrogens with zero attached hydrogens (tertiary/aromatic N) is 2. The number of fused-ring (bicyclic) bond motifs is 3. The van der Waals surface area contributed by atoms with Gasteiger partial charge in [-0.2, -0.15) is 0 Å². The van der Waals surface area contributed by atoms with Crippen molar-refractivity contribution in [3.8, 4) is 11.1 Å². The van der Waals surface area contributed by atoms with Gasteiger partial charge >= 0.3 is 0 Å². The van der Waals surface area contributed by atoms with Crippen molar-refractivity contribution in [1.29, 1.82) is 0 Å². The number of hydrogen-bond acceptors (Lipinski definition) is 4. The van der Waals surface area contributed by atoms with E-state index in [1.807, 2.05) is 12.1 Å². The maximum Gasteiger partial charge on any atom is 0.269 e.